The number of amides is 1. The molecule has 1 heterocycles. The Bertz CT molecular complexity index is 187. The molecule has 1 saturated heterocycles. The molecule has 0 aromatic rings. The second-order valence-electron chi connectivity index (χ2n) is 3.01. The molecule has 0 bridgehead atoms. The zero-order chi connectivity index (χ0) is 9.90. The number of hydrogen-bond acceptors (Lipinski definition) is 2. The number of carbonyl (C=O) groups excluding carboxylic acids is 1. The van der Waals surface area contributed by atoms with Gasteiger partial charge >= 0.3 is 12.1 Å². The number of halogens is 3. The van der Waals surface area contributed by atoms with Gasteiger partial charge in [-0.1, -0.05) is 0 Å². The Morgan fingerprint density at radius 1 is 1.46 bits per heavy atom. The van der Waals surface area contributed by atoms with E-state index in [0.717, 1.165) is 13.0 Å². The first kappa shape index (κ1) is 10.3. The number of hydrogen-bond donors (Lipinski definition) is 2. The number of alkyl halides is 3. The molecule has 1 aliphatic rings. The van der Waals surface area contributed by atoms with E-state index in [2.05, 4.69) is 5.32 Å². The first-order chi connectivity index (χ1) is 6.00. The predicted octanol–water partition coefficient (Wildman–Crippen LogP) is 0.417. The molecule has 1 fully saturated rings. The molecule has 0 aromatic heterocycles. The smallest absolute Gasteiger partial charge is 0.344 e. The molecule has 2 N–H and O–H groups in total. The van der Waals surface area contributed by atoms with Crippen LogP contribution in [0.25, 0.3) is 0 Å². The van der Waals surface area contributed by atoms with Crippen LogP contribution in [-0.4, -0.2) is 31.2 Å². The molecule has 3 nitrogen and oxygen atoms in total. The Morgan fingerprint density at radius 3 is 2.62 bits per heavy atom. The van der Waals surface area contributed by atoms with Crippen molar-refractivity contribution in [3.63, 3.8) is 0 Å². The molecular weight excluding hydrogens is 185 g/mol. The van der Waals surface area contributed by atoms with E-state index in [1.54, 1.807) is 0 Å². The zero-order valence-electron chi connectivity index (χ0n) is 6.95. The van der Waals surface area contributed by atoms with Gasteiger partial charge in [-0.15, -0.1) is 0 Å². The number of rotatable bonds is 1. The van der Waals surface area contributed by atoms with Crippen molar-refractivity contribution in [1.29, 1.82) is 0 Å². The van der Waals surface area contributed by atoms with Crippen LogP contribution in [0, 0.1) is 0 Å². The lowest BCUT2D eigenvalue weighted by Gasteiger charge is -2.24. The lowest BCUT2D eigenvalue weighted by Crippen LogP contribution is -2.49. The van der Waals surface area contributed by atoms with Crippen LogP contribution in [0.4, 0.5) is 13.2 Å². The highest BCUT2D eigenvalue weighted by Gasteiger charge is 2.39. The van der Waals surface area contributed by atoms with Gasteiger partial charge in [0.1, 0.15) is 0 Å². The highest BCUT2D eigenvalue weighted by Crippen LogP contribution is 2.15. The Kier molecular flexibility index (Phi) is 3.13. The molecule has 0 aromatic carbocycles. The van der Waals surface area contributed by atoms with Crippen molar-refractivity contribution in [2.24, 2.45) is 0 Å². The van der Waals surface area contributed by atoms with Crippen LogP contribution in [0.1, 0.15) is 12.8 Å². The van der Waals surface area contributed by atoms with E-state index in [0.29, 0.717) is 13.0 Å². The van der Waals surface area contributed by atoms with Gasteiger partial charge in [-0.3, -0.25) is 4.79 Å². The average Bonchev–Trinajstić information content (AvgIpc) is 2.04. The zero-order valence-corrected chi connectivity index (χ0v) is 6.95. The molecule has 1 unspecified atom stereocenters. The van der Waals surface area contributed by atoms with Crippen LogP contribution >= 0.6 is 0 Å². The summed E-state index contributed by atoms with van der Waals surface area (Å²) in [6.45, 7) is 1.22. The van der Waals surface area contributed by atoms with Crippen molar-refractivity contribution >= 4 is 5.91 Å². The second kappa shape index (κ2) is 3.95. The number of nitrogens with one attached hydrogen (secondary N) is 2. The lowest BCUT2D eigenvalue weighted by atomic mass is 10.1. The van der Waals surface area contributed by atoms with E-state index in [1.165, 1.54) is 0 Å². The summed E-state index contributed by atoms with van der Waals surface area (Å²) < 4.78 is 35.3. The van der Waals surface area contributed by atoms with Crippen LogP contribution in [0.3, 0.4) is 0 Å². The van der Waals surface area contributed by atoms with Crippen molar-refractivity contribution in [2.75, 3.05) is 13.1 Å². The first-order valence-electron chi connectivity index (χ1n) is 4.08. The third-order valence-electron chi connectivity index (χ3n) is 1.89. The summed E-state index contributed by atoms with van der Waals surface area (Å²) in [5.41, 5.74) is 0. The minimum Gasteiger partial charge on any atom is -0.344 e. The molecule has 0 radical (unpaired) electrons. The van der Waals surface area contributed by atoms with Gasteiger partial charge in [-0.05, 0) is 19.4 Å². The van der Waals surface area contributed by atoms with Crippen molar-refractivity contribution in [1.82, 2.24) is 10.6 Å². The summed E-state index contributed by atoms with van der Waals surface area (Å²) in [6.07, 6.45) is -3.37. The van der Waals surface area contributed by atoms with Gasteiger partial charge < -0.3 is 10.6 Å². The number of piperidine rings is 1. The molecule has 1 aliphatic heterocycles. The summed E-state index contributed by atoms with van der Waals surface area (Å²) in [5.74, 6) is -1.85. The SMILES string of the molecule is O=C(NC1CCCNC1)C(F)(F)F. The van der Waals surface area contributed by atoms with Crippen LogP contribution < -0.4 is 10.6 Å². The minimum absolute atomic E-state index is 0.386. The van der Waals surface area contributed by atoms with Gasteiger partial charge in [0, 0.05) is 12.6 Å². The van der Waals surface area contributed by atoms with Gasteiger partial charge in [-0.25, -0.2) is 0 Å². The third-order valence-corrected chi connectivity index (χ3v) is 1.89. The highest BCUT2D eigenvalue weighted by molar-refractivity contribution is 5.81. The molecule has 76 valence electrons. The normalized spacial score (nSPS) is 24.1. The Morgan fingerprint density at radius 2 is 2.15 bits per heavy atom. The molecular formula is C7H11F3N2O. The third kappa shape index (κ3) is 3.22. The fourth-order valence-electron chi connectivity index (χ4n) is 1.24. The van der Waals surface area contributed by atoms with E-state index >= 15 is 0 Å². The highest BCUT2D eigenvalue weighted by atomic mass is 19.4. The van der Waals surface area contributed by atoms with E-state index in [-0.39, 0.29) is 6.04 Å². The van der Waals surface area contributed by atoms with Gasteiger partial charge in [0.25, 0.3) is 0 Å². The van der Waals surface area contributed by atoms with Crippen molar-refractivity contribution < 1.29 is 18.0 Å². The first-order valence-corrected chi connectivity index (χ1v) is 4.08. The van der Waals surface area contributed by atoms with Crippen molar-refractivity contribution in [3.8, 4) is 0 Å². The van der Waals surface area contributed by atoms with E-state index < -0.39 is 12.1 Å². The maximum absolute atomic E-state index is 11.8. The quantitative estimate of drug-likeness (QED) is 0.638. The van der Waals surface area contributed by atoms with Crippen LogP contribution in [0.5, 0.6) is 0 Å². The summed E-state index contributed by atoms with van der Waals surface area (Å²) in [4.78, 5) is 10.5. The van der Waals surface area contributed by atoms with Gasteiger partial charge in [0.15, 0.2) is 0 Å². The topological polar surface area (TPSA) is 41.1 Å². The summed E-state index contributed by atoms with van der Waals surface area (Å²) >= 11 is 0. The Balaban J connectivity index is 2.35. The monoisotopic (exact) mass is 196 g/mol. The Hall–Kier alpha value is -0.780. The van der Waals surface area contributed by atoms with Gasteiger partial charge in [0.05, 0.1) is 0 Å². The van der Waals surface area contributed by atoms with E-state index in [4.69, 9.17) is 0 Å². The van der Waals surface area contributed by atoms with E-state index in [1.807, 2.05) is 5.32 Å². The van der Waals surface area contributed by atoms with Crippen molar-refractivity contribution in [3.05, 3.63) is 0 Å². The molecule has 0 saturated carbocycles. The largest absolute Gasteiger partial charge is 0.471 e. The molecule has 1 atom stereocenters. The van der Waals surface area contributed by atoms with E-state index in [9.17, 15) is 18.0 Å². The average molecular weight is 196 g/mol. The molecule has 1 rings (SSSR count). The maximum atomic E-state index is 11.8. The summed E-state index contributed by atoms with van der Waals surface area (Å²) in [6, 6.07) is -0.386. The summed E-state index contributed by atoms with van der Waals surface area (Å²) in [7, 11) is 0. The fraction of sp³-hybridized carbons (Fsp3) is 0.857. The minimum atomic E-state index is -4.77. The Labute approximate surface area is 73.7 Å². The molecule has 1 amide bonds. The predicted molar refractivity (Wildman–Crippen MR) is 40.1 cm³/mol. The van der Waals surface area contributed by atoms with Crippen LogP contribution in [0.2, 0.25) is 0 Å². The van der Waals surface area contributed by atoms with Crippen LogP contribution in [0.15, 0.2) is 0 Å². The fourth-order valence-corrected chi connectivity index (χ4v) is 1.24. The molecule has 0 spiro atoms. The molecule has 6 heteroatoms. The second-order valence-corrected chi connectivity index (χ2v) is 3.01. The standard InChI is InChI=1S/C7H11F3N2O/c8-7(9,10)6(13)12-5-2-1-3-11-4-5/h5,11H,1-4H2,(H,12,13). The lowest BCUT2D eigenvalue weighted by molar-refractivity contribution is -0.174. The summed E-state index contributed by atoms with van der Waals surface area (Å²) in [5, 5.41) is 4.84. The number of carbonyl (C=O) groups is 1. The molecule has 13 heavy (non-hydrogen) atoms. The molecule has 0 aliphatic carbocycles. The maximum Gasteiger partial charge on any atom is 0.471 e. The van der Waals surface area contributed by atoms with Gasteiger partial charge in [-0.2, -0.15) is 13.2 Å². The van der Waals surface area contributed by atoms with Crippen LogP contribution in [-0.2, 0) is 4.79 Å². The van der Waals surface area contributed by atoms with Gasteiger partial charge in [0.2, 0.25) is 0 Å². The van der Waals surface area contributed by atoms with Crippen molar-refractivity contribution in [2.45, 2.75) is 25.1 Å².